The summed E-state index contributed by atoms with van der Waals surface area (Å²) in [6.45, 7) is 7.03. The molecule has 192 valence electrons. The van der Waals surface area contributed by atoms with E-state index in [1.165, 1.54) is 0 Å². The average molecular weight is 489 g/mol. The molecule has 1 amide bonds. The van der Waals surface area contributed by atoms with Crippen LogP contribution in [0.5, 0.6) is 0 Å². The van der Waals surface area contributed by atoms with Crippen molar-refractivity contribution in [3.63, 3.8) is 0 Å². The molecule has 0 aromatic carbocycles. The van der Waals surface area contributed by atoms with Crippen LogP contribution in [0.1, 0.15) is 65.2 Å². The Bertz CT molecular complexity index is 601. The summed E-state index contributed by atoms with van der Waals surface area (Å²) in [5.41, 5.74) is 6.66. The molecule has 7 nitrogen and oxygen atoms in total. The van der Waals surface area contributed by atoms with Crippen molar-refractivity contribution in [2.45, 2.75) is 95.1 Å². The predicted molar refractivity (Wildman–Crippen MR) is 133 cm³/mol. The maximum atomic E-state index is 14.4. The molecule has 0 spiro atoms. The lowest BCUT2D eigenvalue weighted by Crippen LogP contribution is -2.52. The number of carbonyl (C=O) groups is 1. The van der Waals surface area contributed by atoms with Crippen molar-refractivity contribution in [1.82, 2.24) is 31.7 Å². The van der Waals surface area contributed by atoms with E-state index in [-0.39, 0.29) is 35.5 Å². The minimum absolute atomic E-state index is 0.00345. The lowest BCUT2D eigenvalue weighted by Gasteiger charge is -2.35. The van der Waals surface area contributed by atoms with Gasteiger partial charge in [0.15, 0.2) is 0 Å². The molecular weight excluding hydrogens is 443 g/mol. The van der Waals surface area contributed by atoms with E-state index < -0.39 is 6.17 Å². The van der Waals surface area contributed by atoms with Crippen molar-refractivity contribution >= 4 is 17.5 Å². The molecule has 3 fully saturated rings. The first-order chi connectivity index (χ1) is 15.9. The van der Waals surface area contributed by atoms with Gasteiger partial charge in [0.05, 0.1) is 12.3 Å². The second-order valence-corrected chi connectivity index (χ2v) is 10.8. The number of piperidine rings is 1. The van der Waals surface area contributed by atoms with E-state index in [0.717, 1.165) is 64.5 Å². The van der Waals surface area contributed by atoms with E-state index in [9.17, 15) is 9.18 Å². The zero-order valence-corrected chi connectivity index (χ0v) is 21.5. The number of alkyl halides is 2. The maximum absolute atomic E-state index is 14.4. The SMILES string of the molecule is CCCC(CNC(=O)C1CCCC(NCC2NNC(C3CCNCC3F)N2C)C1)C(Cl)CC. The number of hydrogen-bond donors (Lipinski definition) is 5. The van der Waals surface area contributed by atoms with Crippen molar-refractivity contribution in [1.29, 1.82) is 0 Å². The predicted octanol–water partition coefficient (Wildman–Crippen LogP) is 2.32. The van der Waals surface area contributed by atoms with E-state index in [1.54, 1.807) is 0 Å². The average Bonchev–Trinajstić information content (AvgIpc) is 3.20. The fraction of sp³-hybridized carbons (Fsp3) is 0.958. The van der Waals surface area contributed by atoms with E-state index in [4.69, 9.17) is 11.6 Å². The number of hydrogen-bond acceptors (Lipinski definition) is 6. The van der Waals surface area contributed by atoms with E-state index in [0.29, 0.717) is 25.0 Å². The highest BCUT2D eigenvalue weighted by atomic mass is 35.5. The summed E-state index contributed by atoms with van der Waals surface area (Å²) in [4.78, 5) is 15.1. The number of halogens is 2. The van der Waals surface area contributed by atoms with Crippen molar-refractivity contribution in [3.05, 3.63) is 0 Å². The minimum atomic E-state index is -0.826. The van der Waals surface area contributed by atoms with Gasteiger partial charge in [-0.2, -0.15) is 0 Å². The molecule has 0 radical (unpaired) electrons. The molecule has 8 unspecified atom stereocenters. The number of nitrogens with one attached hydrogen (secondary N) is 5. The van der Waals surface area contributed by atoms with Crippen LogP contribution in [-0.2, 0) is 4.79 Å². The topological polar surface area (TPSA) is 80.5 Å². The summed E-state index contributed by atoms with van der Waals surface area (Å²) in [7, 11) is 2.06. The normalized spacial score (nSPS) is 35.3. The number of carbonyl (C=O) groups excluding carboxylic acids is 1. The summed E-state index contributed by atoms with van der Waals surface area (Å²) in [6, 6.07) is 0.333. The number of amides is 1. The van der Waals surface area contributed by atoms with Gasteiger partial charge in [0.2, 0.25) is 5.91 Å². The first-order valence-electron chi connectivity index (χ1n) is 13.2. The Hall–Kier alpha value is -0.510. The summed E-state index contributed by atoms with van der Waals surface area (Å²) in [5, 5.41) is 10.1. The quantitative estimate of drug-likeness (QED) is 0.287. The van der Waals surface area contributed by atoms with Gasteiger partial charge in [-0.3, -0.25) is 9.69 Å². The zero-order chi connectivity index (χ0) is 23.8. The number of hydrazine groups is 1. The number of rotatable bonds is 11. The first kappa shape index (κ1) is 27.1. The Balaban J connectivity index is 1.42. The summed E-state index contributed by atoms with van der Waals surface area (Å²) in [5.74, 6) is 0.584. The Labute approximate surface area is 204 Å². The zero-order valence-electron chi connectivity index (χ0n) is 20.7. The monoisotopic (exact) mass is 488 g/mol. The summed E-state index contributed by atoms with van der Waals surface area (Å²) in [6.07, 6.45) is 7.18. The molecule has 0 bridgehead atoms. The molecular formula is C24H46ClFN6O. The molecule has 0 aromatic heterocycles. The Morgan fingerprint density at radius 2 is 2.06 bits per heavy atom. The third kappa shape index (κ3) is 7.48. The van der Waals surface area contributed by atoms with Crippen molar-refractivity contribution in [3.8, 4) is 0 Å². The molecule has 2 heterocycles. The van der Waals surface area contributed by atoms with Crippen molar-refractivity contribution in [2.75, 3.05) is 33.2 Å². The van der Waals surface area contributed by atoms with Crippen LogP contribution in [0.4, 0.5) is 4.39 Å². The van der Waals surface area contributed by atoms with Gasteiger partial charge >= 0.3 is 0 Å². The lowest BCUT2D eigenvalue weighted by molar-refractivity contribution is -0.126. The lowest BCUT2D eigenvalue weighted by atomic mass is 9.85. The second kappa shape index (κ2) is 13.5. The van der Waals surface area contributed by atoms with Crippen LogP contribution in [0.25, 0.3) is 0 Å². The molecule has 5 N–H and O–H groups in total. The van der Waals surface area contributed by atoms with Crippen LogP contribution in [0.15, 0.2) is 0 Å². The van der Waals surface area contributed by atoms with Crippen LogP contribution >= 0.6 is 11.6 Å². The number of likely N-dealkylation sites (N-methyl/N-ethyl adjacent to an activating group) is 1. The van der Waals surface area contributed by atoms with Crippen LogP contribution < -0.4 is 26.8 Å². The highest BCUT2D eigenvalue weighted by molar-refractivity contribution is 6.20. The number of nitrogens with zero attached hydrogens (tertiary/aromatic N) is 1. The van der Waals surface area contributed by atoms with Crippen molar-refractivity contribution in [2.24, 2.45) is 17.8 Å². The van der Waals surface area contributed by atoms with E-state index in [2.05, 4.69) is 52.6 Å². The van der Waals surface area contributed by atoms with Crippen molar-refractivity contribution < 1.29 is 9.18 Å². The van der Waals surface area contributed by atoms with Crippen LogP contribution in [0, 0.1) is 17.8 Å². The van der Waals surface area contributed by atoms with Crippen LogP contribution in [0.3, 0.4) is 0 Å². The minimum Gasteiger partial charge on any atom is -0.356 e. The van der Waals surface area contributed by atoms with Gasteiger partial charge in [0, 0.05) is 42.9 Å². The second-order valence-electron chi connectivity index (χ2n) is 10.3. The molecule has 2 saturated heterocycles. The third-order valence-electron chi connectivity index (χ3n) is 7.94. The van der Waals surface area contributed by atoms with Gasteiger partial charge in [-0.15, -0.1) is 11.6 Å². The molecule has 3 rings (SSSR count). The Morgan fingerprint density at radius 1 is 1.24 bits per heavy atom. The molecule has 3 aliphatic rings. The summed E-state index contributed by atoms with van der Waals surface area (Å²) < 4.78 is 14.4. The molecule has 0 aromatic rings. The van der Waals surface area contributed by atoms with Gasteiger partial charge in [-0.1, -0.05) is 26.7 Å². The van der Waals surface area contributed by atoms with Crippen LogP contribution in [-0.4, -0.2) is 74.0 Å². The smallest absolute Gasteiger partial charge is 0.223 e. The third-order valence-corrected chi connectivity index (χ3v) is 8.60. The van der Waals surface area contributed by atoms with Crippen LogP contribution in [0.2, 0.25) is 0 Å². The highest BCUT2D eigenvalue weighted by Crippen LogP contribution is 2.27. The van der Waals surface area contributed by atoms with Gasteiger partial charge in [0.25, 0.3) is 0 Å². The van der Waals surface area contributed by atoms with E-state index >= 15 is 0 Å². The molecule has 33 heavy (non-hydrogen) atoms. The molecule has 1 saturated carbocycles. The van der Waals surface area contributed by atoms with E-state index in [1.807, 2.05) is 0 Å². The largest absolute Gasteiger partial charge is 0.356 e. The van der Waals surface area contributed by atoms with Gasteiger partial charge in [-0.25, -0.2) is 15.2 Å². The molecule has 2 aliphatic heterocycles. The summed E-state index contributed by atoms with van der Waals surface area (Å²) >= 11 is 6.49. The van der Waals surface area contributed by atoms with Gasteiger partial charge < -0.3 is 16.0 Å². The first-order valence-corrected chi connectivity index (χ1v) is 13.6. The highest BCUT2D eigenvalue weighted by Gasteiger charge is 2.40. The molecule has 8 atom stereocenters. The maximum Gasteiger partial charge on any atom is 0.223 e. The van der Waals surface area contributed by atoms with Gasteiger partial charge in [-0.05, 0) is 58.0 Å². The molecule has 1 aliphatic carbocycles. The Morgan fingerprint density at radius 3 is 2.79 bits per heavy atom. The molecule has 9 heteroatoms. The standard InChI is InChI=1S/C24H46ClFN6O/c1-4-7-17(20(25)5-2)13-29-24(33)16-8-6-9-18(12-16)28-15-22-30-31-23(32(22)3)19-10-11-27-14-21(19)26/h16-23,27-28,30-31H,4-15H2,1-3H3,(H,29,33). The fourth-order valence-corrected chi connectivity index (χ4v) is 5.98. The van der Waals surface area contributed by atoms with Gasteiger partial charge in [0.1, 0.15) is 6.17 Å². The fourth-order valence-electron chi connectivity index (χ4n) is 5.76. The Kier molecular flexibility index (Phi) is 11.1.